The summed E-state index contributed by atoms with van der Waals surface area (Å²) in [5.41, 5.74) is 5.08. The Morgan fingerprint density at radius 3 is 2.40 bits per heavy atom. The van der Waals surface area contributed by atoms with Crippen LogP contribution in [0.4, 0.5) is 13.2 Å². The molecular weight excluding hydrogens is 267 g/mol. The average Bonchev–Trinajstić information content (AvgIpc) is 2.41. The summed E-state index contributed by atoms with van der Waals surface area (Å²) in [6.45, 7) is 2.51. The Kier molecular flexibility index (Phi) is 6.85. The smallest absolute Gasteiger partial charge is 0.419 e. The van der Waals surface area contributed by atoms with Crippen molar-refractivity contribution >= 4 is 0 Å². The maximum Gasteiger partial charge on any atom is 0.419 e. The summed E-state index contributed by atoms with van der Waals surface area (Å²) in [4.78, 5) is 0. The zero-order valence-corrected chi connectivity index (χ0v) is 11.8. The van der Waals surface area contributed by atoms with Crippen LogP contribution in [-0.4, -0.2) is 6.61 Å². The Balaban J connectivity index is 2.60. The van der Waals surface area contributed by atoms with Gasteiger partial charge in [-0.05, 0) is 24.1 Å². The third-order valence-electron chi connectivity index (χ3n) is 3.09. The van der Waals surface area contributed by atoms with E-state index in [-0.39, 0.29) is 12.3 Å². The second-order valence-electron chi connectivity index (χ2n) is 4.80. The highest BCUT2D eigenvalue weighted by molar-refractivity contribution is 5.39. The largest absolute Gasteiger partial charge is 0.493 e. The second kappa shape index (κ2) is 8.15. The van der Waals surface area contributed by atoms with Crippen LogP contribution in [-0.2, 0) is 12.7 Å². The average molecular weight is 289 g/mol. The van der Waals surface area contributed by atoms with E-state index in [9.17, 15) is 13.2 Å². The minimum atomic E-state index is -4.41. The van der Waals surface area contributed by atoms with Gasteiger partial charge in [-0.15, -0.1) is 0 Å². The quantitative estimate of drug-likeness (QED) is 0.714. The topological polar surface area (TPSA) is 35.2 Å². The van der Waals surface area contributed by atoms with E-state index in [2.05, 4.69) is 6.92 Å². The Labute approximate surface area is 118 Å². The van der Waals surface area contributed by atoms with Gasteiger partial charge in [0, 0.05) is 6.54 Å². The minimum Gasteiger partial charge on any atom is -0.493 e. The number of halogens is 3. The molecule has 0 saturated heterocycles. The van der Waals surface area contributed by atoms with Gasteiger partial charge >= 0.3 is 6.18 Å². The van der Waals surface area contributed by atoms with E-state index in [0.29, 0.717) is 12.2 Å². The van der Waals surface area contributed by atoms with E-state index in [1.807, 2.05) is 0 Å². The lowest BCUT2D eigenvalue weighted by atomic mass is 10.1. The molecule has 114 valence electrons. The zero-order chi connectivity index (χ0) is 15.0. The van der Waals surface area contributed by atoms with Crippen LogP contribution >= 0.6 is 0 Å². The predicted octanol–water partition coefficient (Wildman–Crippen LogP) is 4.51. The summed E-state index contributed by atoms with van der Waals surface area (Å²) in [7, 11) is 0. The summed E-state index contributed by atoms with van der Waals surface area (Å²) in [6, 6.07) is 3.99. The third-order valence-corrected chi connectivity index (χ3v) is 3.09. The number of hydrogen-bond acceptors (Lipinski definition) is 2. The highest BCUT2D eigenvalue weighted by atomic mass is 19.4. The number of alkyl halides is 3. The molecular formula is C15H22F3NO. The van der Waals surface area contributed by atoms with Crippen LogP contribution in [0, 0.1) is 0 Å². The van der Waals surface area contributed by atoms with Gasteiger partial charge in [0.1, 0.15) is 5.75 Å². The van der Waals surface area contributed by atoms with Gasteiger partial charge in [-0.25, -0.2) is 0 Å². The van der Waals surface area contributed by atoms with Gasteiger partial charge in [-0.3, -0.25) is 0 Å². The van der Waals surface area contributed by atoms with Gasteiger partial charge < -0.3 is 10.5 Å². The number of nitrogens with two attached hydrogens (primary N) is 1. The Morgan fingerprint density at radius 1 is 1.10 bits per heavy atom. The molecule has 0 spiro atoms. The molecule has 1 rings (SSSR count). The molecule has 0 aliphatic rings. The molecule has 0 aliphatic carbocycles. The number of rotatable bonds is 8. The molecule has 0 amide bonds. The van der Waals surface area contributed by atoms with Crippen LogP contribution in [0.5, 0.6) is 5.75 Å². The van der Waals surface area contributed by atoms with Gasteiger partial charge in [-0.1, -0.05) is 38.7 Å². The number of unbranched alkanes of at least 4 members (excludes halogenated alkanes) is 4. The van der Waals surface area contributed by atoms with Gasteiger partial charge in [0.25, 0.3) is 0 Å². The van der Waals surface area contributed by atoms with Crippen molar-refractivity contribution in [2.45, 2.75) is 51.7 Å². The van der Waals surface area contributed by atoms with Crippen molar-refractivity contribution in [3.8, 4) is 5.75 Å². The fourth-order valence-corrected chi connectivity index (χ4v) is 1.94. The maximum absolute atomic E-state index is 12.9. The molecule has 0 fully saturated rings. The molecule has 0 atom stereocenters. The Hall–Kier alpha value is -1.23. The molecule has 0 aliphatic heterocycles. The lowest BCUT2D eigenvalue weighted by molar-refractivity contribution is -0.139. The van der Waals surface area contributed by atoms with Crippen LogP contribution in [0.15, 0.2) is 18.2 Å². The van der Waals surface area contributed by atoms with Crippen molar-refractivity contribution in [1.29, 1.82) is 0 Å². The molecule has 0 unspecified atom stereocenters. The Morgan fingerprint density at radius 2 is 1.80 bits per heavy atom. The third kappa shape index (κ3) is 5.41. The Bertz CT molecular complexity index is 405. The highest BCUT2D eigenvalue weighted by Crippen LogP contribution is 2.36. The molecule has 0 saturated carbocycles. The monoisotopic (exact) mass is 289 g/mol. The summed E-state index contributed by atoms with van der Waals surface area (Å²) in [6.07, 6.45) is 0.728. The van der Waals surface area contributed by atoms with E-state index in [4.69, 9.17) is 10.5 Å². The van der Waals surface area contributed by atoms with Crippen molar-refractivity contribution in [1.82, 2.24) is 0 Å². The van der Waals surface area contributed by atoms with E-state index < -0.39 is 11.7 Å². The first kappa shape index (κ1) is 16.8. The molecule has 0 heterocycles. The molecule has 5 heteroatoms. The summed E-state index contributed by atoms with van der Waals surface area (Å²) >= 11 is 0. The van der Waals surface area contributed by atoms with Crippen molar-refractivity contribution in [2.24, 2.45) is 5.73 Å². The molecule has 1 aromatic rings. The van der Waals surface area contributed by atoms with Crippen LogP contribution in [0.2, 0.25) is 0 Å². The van der Waals surface area contributed by atoms with Crippen LogP contribution in [0.1, 0.15) is 50.2 Å². The van der Waals surface area contributed by atoms with Crippen LogP contribution < -0.4 is 10.5 Å². The molecule has 0 radical (unpaired) electrons. The van der Waals surface area contributed by atoms with Gasteiger partial charge in [0.15, 0.2) is 0 Å². The van der Waals surface area contributed by atoms with Crippen molar-refractivity contribution in [3.63, 3.8) is 0 Å². The molecule has 0 aromatic heterocycles. The van der Waals surface area contributed by atoms with Crippen molar-refractivity contribution < 1.29 is 17.9 Å². The highest BCUT2D eigenvalue weighted by Gasteiger charge is 2.34. The molecule has 2 nitrogen and oxygen atoms in total. The lowest BCUT2D eigenvalue weighted by Gasteiger charge is -2.15. The fraction of sp³-hybridized carbons (Fsp3) is 0.600. The van der Waals surface area contributed by atoms with Gasteiger partial charge in [-0.2, -0.15) is 13.2 Å². The van der Waals surface area contributed by atoms with Crippen molar-refractivity contribution in [3.05, 3.63) is 29.3 Å². The normalized spacial score (nSPS) is 11.7. The molecule has 1 aromatic carbocycles. The fourth-order valence-electron chi connectivity index (χ4n) is 1.94. The lowest BCUT2D eigenvalue weighted by Crippen LogP contribution is -2.11. The van der Waals surface area contributed by atoms with E-state index in [1.165, 1.54) is 6.07 Å². The standard InChI is InChI=1S/C15H22F3NO/c1-2-3-4-5-6-9-20-14-8-7-12(11-19)10-13(14)15(16,17)18/h7-8,10H,2-6,9,11,19H2,1H3. The molecule has 0 bridgehead atoms. The summed E-state index contributed by atoms with van der Waals surface area (Å²) in [5.74, 6) is -0.106. The van der Waals surface area contributed by atoms with Gasteiger partial charge in [0.05, 0.1) is 12.2 Å². The van der Waals surface area contributed by atoms with E-state index in [0.717, 1.165) is 38.2 Å². The SMILES string of the molecule is CCCCCCCOc1ccc(CN)cc1C(F)(F)F. The maximum atomic E-state index is 12.9. The molecule has 2 N–H and O–H groups in total. The second-order valence-corrected chi connectivity index (χ2v) is 4.80. The molecule has 20 heavy (non-hydrogen) atoms. The predicted molar refractivity (Wildman–Crippen MR) is 73.6 cm³/mol. The first-order valence-electron chi connectivity index (χ1n) is 7.02. The first-order chi connectivity index (χ1) is 9.49. The van der Waals surface area contributed by atoms with Crippen LogP contribution in [0.3, 0.4) is 0 Å². The number of benzene rings is 1. The van der Waals surface area contributed by atoms with Crippen molar-refractivity contribution in [2.75, 3.05) is 6.61 Å². The van der Waals surface area contributed by atoms with Gasteiger partial charge in [0.2, 0.25) is 0 Å². The van der Waals surface area contributed by atoms with E-state index in [1.54, 1.807) is 6.07 Å². The van der Waals surface area contributed by atoms with Crippen LogP contribution in [0.25, 0.3) is 0 Å². The zero-order valence-electron chi connectivity index (χ0n) is 11.8. The summed E-state index contributed by atoms with van der Waals surface area (Å²) < 4.78 is 44.0. The number of hydrogen-bond donors (Lipinski definition) is 1. The minimum absolute atomic E-state index is 0.0837. The number of ether oxygens (including phenoxy) is 1. The summed E-state index contributed by atoms with van der Waals surface area (Å²) in [5, 5.41) is 0. The van der Waals surface area contributed by atoms with E-state index >= 15 is 0 Å². The first-order valence-corrected chi connectivity index (χ1v) is 7.02.